The maximum Gasteiger partial charge on any atom is 0.240 e. The van der Waals surface area contributed by atoms with Crippen LogP contribution >= 0.6 is 15.9 Å². The highest BCUT2D eigenvalue weighted by atomic mass is 79.9. The molecular formula is C15H19BrN2O2. The molecule has 0 aliphatic rings. The average Bonchev–Trinajstić information content (AvgIpc) is 2.39. The summed E-state index contributed by atoms with van der Waals surface area (Å²) >= 11 is 3.28. The lowest BCUT2D eigenvalue weighted by Gasteiger charge is -2.17. The van der Waals surface area contributed by atoms with Crippen molar-refractivity contribution in [2.45, 2.75) is 44.5 Å². The van der Waals surface area contributed by atoms with Crippen LogP contribution in [0.25, 0.3) is 0 Å². The van der Waals surface area contributed by atoms with Gasteiger partial charge in [-0.15, -0.1) is 0 Å². The SMILES string of the molecule is CC[C@H](C)Oc1ccc(NC(=O)C(C)(C)Br)c(C#N)c1. The van der Waals surface area contributed by atoms with Crippen LogP contribution in [0.3, 0.4) is 0 Å². The molecule has 20 heavy (non-hydrogen) atoms. The topological polar surface area (TPSA) is 62.1 Å². The Labute approximate surface area is 128 Å². The highest BCUT2D eigenvalue weighted by Crippen LogP contribution is 2.25. The van der Waals surface area contributed by atoms with Crippen LogP contribution in [0, 0.1) is 11.3 Å². The number of alkyl halides is 1. The van der Waals surface area contributed by atoms with E-state index >= 15 is 0 Å². The second-order valence-corrected chi connectivity index (χ2v) is 7.06. The van der Waals surface area contributed by atoms with Gasteiger partial charge in [-0.3, -0.25) is 4.79 Å². The molecule has 1 amide bonds. The zero-order valence-corrected chi connectivity index (χ0v) is 13.7. The molecule has 0 fully saturated rings. The maximum atomic E-state index is 11.9. The molecule has 0 heterocycles. The van der Waals surface area contributed by atoms with Crippen LogP contribution in [0.15, 0.2) is 18.2 Å². The van der Waals surface area contributed by atoms with Gasteiger partial charge in [0.15, 0.2) is 0 Å². The highest BCUT2D eigenvalue weighted by molar-refractivity contribution is 9.10. The predicted octanol–water partition coefficient (Wildman–Crippen LogP) is 3.85. The number of carbonyl (C=O) groups excluding carboxylic acids is 1. The molecule has 0 unspecified atom stereocenters. The number of amides is 1. The van der Waals surface area contributed by atoms with E-state index in [0.29, 0.717) is 17.0 Å². The normalized spacial score (nSPS) is 12.4. The van der Waals surface area contributed by atoms with Gasteiger partial charge < -0.3 is 10.1 Å². The summed E-state index contributed by atoms with van der Waals surface area (Å²) in [6.07, 6.45) is 0.974. The Morgan fingerprint density at radius 1 is 1.55 bits per heavy atom. The van der Waals surface area contributed by atoms with E-state index in [0.717, 1.165) is 6.42 Å². The number of rotatable bonds is 5. The molecule has 1 aromatic rings. The van der Waals surface area contributed by atoms with Crippen LogP contribution in [-0.2, 0) is 4.79 Å². The van der Waals surface area contributed by atoms with Gasteiger partial charge in [-0.05, 0) is 39.3 Å². The summed E-state index contributed by atoms with van der Waals surface area (Å²) in [4.78, 5) is 11.9. The second kappa shape index (κ2) is 6.76. The minimum Gasteiger partial charge on any atom is -0.491 e. The quantitative estimate of drug-likeness (QED) is 0.829. The monoisotopic (exact) mass is 338 g/mol. The first-order chi connectivity index (χ1) is 9.27. The highest BCUT2D eigenvalue weighted by Gasteiger charge is 2.24. The molecule has 4 nitrogen and oxygen atoms in total. The lowest BCUT2D eigenvalue weighted by atomic mass is 10.1. The Bertz CT molecular complexity index is 530. The Morgan fingerprint density at radius 3 is 2.70 bits per heavy atom. The van der Waals surface area contributed by atoms with Crippen molar-refractivity contribution in [3.05, 3.63) is 23.8 Å². The summed E-state index contributed by atoms with van der Waals surface area (Å²) in [5.41, 5.74) is 0.873. The minimum absolute atomic E-state index is 0.0865. The van der Waals surface area contributed by atoms with Gasteiger partial charge in [0.25, 0.3) is 0 Å². The van der Waals surface area contributed by atoms with E-state index in [4.69, 9.17) is 4.74 Å². The van der Waals surface area contributed by atoms with E-state index in [2.05, 4.69) is 27.3 Å². The van der Waals surface area contributed by atoms with E-state index in [1.165, 1.54) is 0 Å². The molecule has 0 aromatic heterocycles. The van der Waals surface area contributed by atoms with Gasteiger partial charge >= 0.3 is 0 Å². The maximum absolute atomic E-state index is 11.9. The molecule has 0 spiro atoms. The molecule has 0 saturated heterocycles. The van der Waals surface area contributed by atoms with Crippen LogP contribution in [0.5, 0.6) is 5.75 Å². The first kappa shape index (κ1) is 16.5. The number of anilines is 1. The largest absolute Gasteiger partial charge is 0.491 e. The van der Waals surface area contributed by atoms with Crippen LogP contribution < -0.4 is 10.1 Å². The number of benzene rings is 1. The summed E-state index contributed by atoms with van der Waals surface area (Å²) in [5, 5.41) is 11.9. The molecule has 108 valence electrons. The van der Waals surface area contributed by atoms with Crippen LogP contribution in [-0.4, -0.2) is 16.3 Å². The summed E-state index contributed by atoms with van der Waals surface area (Å²) < 4.78 is 4.97. The molecule has 5 heteroatoms. The first-order valence-corrected chi connectivity index (χ1v) is 7.28. The van der Waals surface area contributed by atoms with Crippen molar-refractivity contribution >= 4 is 27.5 Å². The number of nitriles is 1. The number of hydrogen-bond donors (Lipinski definition) is 1. The molecule has 1 N–H and O–H groups in total. The van der Waals surface area contributed by atoms with Gasteiger partial charge in [-0.25, -0.2) is 0 Å². The summed E-state index contributed by atoms with van der Waals surface area (Å²) in [6, 6.07) is 7.16. The van der Waals surface area contributed by atoms with Crippen molar-refractivity contribution in [3.8, 4) is 11.8 Å². The molecule has 0 aliphatic carbocycles. The number of ether oxygens (including phenoxy) is 1. The van der Waals surface area contributed by atoms with E-state index in [1.807, 2.05) is 13.8 Å². The smallest absolute Gasteiger partial charge is 0.240 e. The number of carbonyl (C=O) groups is 1. The lowest BCUT2D eigenvalue weighted by Crippen LogP contribution is -2.31. The zero-order valence-electron chi connectivity index (χ0n) is 12.2. The van der Waals surface area contributed by atoms with Crippen molar-refractivity contribution in [3.63, 3.8) is 0 Å². The minimum atomic E-state index is -0.689. The Balaban J connectivity index is 2.95. The van der Waals surface area contributed by atoms with Crippen molar-refractivity contribution in [1.82, 2.24) is 0 Å². The third-order valence-corrected chi connectivity index (χ3v) is 3.17. The first-order valence-electron chi connectivity index (χ1n) is 6.49. The Morgan fingerprint density at radius 2 is 2.20 bits per heavy atom. The van der Waals surface area contributed by atoms with Gasteiger partial charge in [0, 0.05) is 6.07 Å². The molecule has 1 aromatic carbocycles. The average molecular weight is 339 g/mol. The molecule has 0 aliphatic heterocycles. The molecule has 1 atom stereocenters. The van der Waals surface area contributed by atoms with Gasteiger partial charge in [-0.2, -0.15) is 5.26 Å². The lowest BCUT2D eigenvalue weighted by molar-refractivity contribution is -0.117. The van der Waals surface area contributed by atoms with Crippen LogP contribution in [0.1, 0.15) is 39.7 Å². The van der Waals surface area contributed by atoms with Crippen LogP contribution in [0.2, 0.25) is 0 Å². The van der Waals surface area contributed by atoms with Gasteiger partial charge in [0.1, 0.15) is 11.8 Å². The third kappa shape index (κ3) is 4.53. The van der Waals surface area contributed by atoms with E-state index < -0.39 is 4.32 Å². The number of hydrogen-bond acceptors (Lipinski definition) is 3. The fraction of sp³-hybridized carbons (Fsp3) is 0.467. The zero-order chi connectivity index (χ0) is 15.3. The van der Waals surface area contributed by atoms with Crippen molar-refractivity contribution in [2.75, 3.05) is 5.32 Å². The molecule has 1 rings (SSSR count). The van der Waals surface area contributed by atoms with Crippen LogP contribution in [0.4, 0.5) is 5.69 Å². The van der Waals surface area contributed by atoms with Gasteiger partial charge in [0.2, 0.25) is 5.91 Å². The third-order valence-electron chi connectivity index (χ3n) is 2.81. The molecule has 0 bridgehead atoms. The summed E-state index contributed by atoms with van der Waals surface area (Å²) in [5.74, 6) is 0.427. The standard InChI is InChI=1S/C15H19BrN2O2/c1-5-10(2)20-12-6-7-13(11(8-12)9-17)18-14(19)15(3,4)16/h6-8,10H,5H2,1-4H3,(H,18,19)/t10-/m0/s1. The van der Waals surface area contributed by atoms with Crippen molar-refractivity contribution < 1.29 is 9.53 Å². The number of halogens is 1. The van der Waals surface area contributed by atoms with Crippen molar-refractivity contribution in [1.29, 1.82) is 5.26 Å². The fourth-order valence-corrected chi connectivity index (χ4v) is 1.48. The number of nitrogens with zero attached hydrogens (tertiary/aromatic N) is 1. The summed E-state index contributed by atoms with van der Waals surface area (Å²) in [7, 11) is 0. The Hall–Kier alpha value is -1.54. The molecule has 0 radical (unpaired) electrons. The summed E-state index contributed by atoms with van der Waals surface area (Å²) in [6.45, 7) is 7.49. The van der Waals surface area contributed by atoms with Crippen molar-refractivity contribution in [2.24, 2.45) is 0 Å². The molecular weight excluding hydrogens is 320 g/mol. The van der Waals surface area contributed by atoms with E-state index in [1.54, 1.807) is 32.0 Å². The number of nitrogens with one attached hydrogen (secondary N) is 1. The van der Waals surface area contributed by atoms with E-state index in [-0.39, 0.29) is 12.0 Å². The van der Waals surface area contributed by atoms with Gasteiger partial charge in [0.05, 0.1) is 21.7 Å². The second-order valence-electron chi connectivity index (χ2n) is 5.08. The Kier molecular flexibility index (Phi) is 5.58. The molecule has 0 saturated carbocycles. The fourth-order valence-electron chi connectivity index (χ4n) is 1.38. The van der Waals surface area contributed by atoms with Gasteiger partial charge in [-0.1, -0.05) is 22.9 Å². The van der Waals surface area contributed by atoms with E-state index in [9.17, 15) is 10.1 Å². The predicted molar refractivity (Wildman–Crippen MR) is 83.2 cm³/mol.